The molecule has 0 aliphatic carbocycles. The number of hydrogen-bond donors (Lipinski definition) is 3. The van der Waals surface area contributed by atoms with Gasteiger partial charge >= 0.3 is 0 Å². The lowest BCUT2D eigenvalue weighted by atomic mass is 9.76. The van der Waals surface area contributed by atoms with Crippen LogP contribution in [0.25, 0.3) is 0 Å². The third-order valence-corrected chi connectivity index (χ3v) is 7.48. The monoisotopic (exact) mass is 476 g/mol. The van der Waals surface area contributed by atoms with Gasteiger partial charge in [0.2, 0.25) is 30.4 Å². The Labute approximate surface area is 200 Å². The van der Waals surface area contributed by atoms with Gasteiger partial charge in [-0.15, -0.1) is 0 Å². The summed E-state index contributed by atoms with van der Waals surface area (Å²) >= 11 is 0. The van der Waals surface area contributed by atoms with Crippen molar-refractivity contribution in [2.24, 2.45) is 17.6 Å². The van der Waals surface area contributed by atoms with Gasteiger partial charge in [-0.1, -0.05) is 25.1 Å². The summed E-state index contributed by atoms with van der Waals surface area (Å²) in [6, 6.07) is 10.1. The molecule has 0 bridgehead atoms. The smallest absolute Gasteiger partial charge is 0.250 e. The highest BCUT2D eigenvalue weighted by Gasteiger charge is 2.70. The lowest BCUT2D eigenvalue weighted by Crippen LogP contribution is -2.53. The van der Waals surface area contributed by atoms with Crippen molar-refractivity contribution in [2.75, 3.05) is 12.1 Å². The summed E-state index contributed by atoms with van der Waals surface area (Å²) in [6.45, 7) is 2.13. The van der Waals surface area contributed by atoms with Crippen LogP contribution in [0.4, 0.5) is 5.69 Å². The molecule has 2 fully saturated rings. The molecule has 2 saturated heterocycles. The van der Waals surface area contributed by atoms with Crippen LogP contribution in [0.3, 0.4) is 0 Å². The number of anilines is 1. The van der Waals surface area contributed by atoms with Crippen molar-refractivity contribution in [1.82, 2.24) is 10.2 Å². The van der Waals surface area contributed by atoms with Crippen molar-refractivity contribution in [2.45, 2.75) is 37.9 Å². The van der Waals surface area contributed by atoms with Gasteiger partial charge in [-0.25, -0.2) is 0 Å². The van der Waals surface area contributed by atoms with Crippen LogP contribution < -0.4 is 25.8 Å². The molecule has 2 aromatic rings. The van der Waals surface area contributed by atoms with Gasteiger partial charge in [-0.05, 0) is 35.7 Å². The fourth-order valence-corrected chi connectivity index (χ4v) is 5.90. The van der Waals surface area contributed by atoms with E-state index in [1.54, 1.807) is 18.2 Å². The number of nitrogens with zero attached hydrogens (tertiary/aromatic N) is 1. The van der Waals surface area contributed by atoms with E-state index in [0.29, 0.717) is 28.3 Å². The summed E-state index contributed by atoms with van der Waals surface area (Å²) in [5.74, 6) is -2.67. The molecule has 4 atom stereocenters. The Morgan fingerprint density at radius 3 is 2.63 bits per heavy atom. The topological polar surface area (TPSA) is 140 Å². The van der Waals surface area contributed by atoms with Gasteiger partial charge in [0.1, 0.15) is 5.54 Å². The van der Waals surface area contributed by atoms with Crippen LogP contribution in [0, 0.1) is 11.8 Å². The molecule has 4 heterocycles. The average Bonchev–Trinajstić information content (AvgIpc) is 3.55. The minimum absolute atomic E-state index is 0.0180. The highest BCUT2D eigenvalue weighted by molar-refractivity contribution is 6.15. The number of ether oxygens (including phenoxy) is 2. The second-order valence-corrected chi connectivity index (χ2v) is 9.37. The predicted molar refractivity (Wildman–Crippen MR) is 122 cm³/mol. The summed E-state index contributed by atoms with van der Waals surface area (Å²) in [4.78, 5) is 54.0. The molecule has 0 radical (unpaired) electrons. The molecule has 35 heavy (non-hydrogen) atoms. The van der Waals surface area contributed by atoms with Crippen LogP contribution in [0.1, 0.15) is 30.0 Å². The first kappa shape index (κ1) is 21.6. The molecule has 1 spiro atoms. The standard InChI is InChI=1S/C25H24N4O6/c1-2-12-3-5-15-14(7-12)25(24(33)27-15)21-20(16(28-25)9-19(26)30)22(31)29(23(21)32)10-13-4-6-17-18(8-13)35-11-34-17/h3-8,16,20-21,28H,2,9-11H2,1H3,(H2,26,30)(H,27,33)/t16?,20-,21+,25?/m1/s1. The van der Waals surface area contributed by atoms with Gasteiger partial charge in [0.05, 0.1) is 18.4 Å². The number of benzene rings is 2. The van der Waals surface area contributed by atoms with Crippen molar-refractivity contribution in [3.63, 3.8) is 0 Å². The minimum atomic E-state index is -1.46. The van der Waals surface area contributed by atoms with Crippen molar-refractivity contribution in [3.8, 4) is 11.5 Å². The molecule has 10 heteroatoms. The van der Waals surface area contributed by atoms with Crippen LogP contribution in [-0.2, 0) is 37.7 Å². The third kappa shape index (κ3) is 2.99. The Bertz CT molecular complexity index is 1310. The number of nitrogens with two attached hydrogens (primary N) is 1. The minimum Gasteiger partial charge on any atom is -0.454 e. The van der Waals surface area contributed by atoms with Crippen molar-refractivity contribution >= 4 is 29.3 Å². The number of carbonyl (C=O) groups excluding carboxylic acids is 4. The number of nitrogens with one attached hydrogen (secondary N) is 2. The van der Waals surface area contributed by atoms with E-state index in [1.807, 2.05) is 25.1 Å². The van der Waals surface area contributed by atoms with Crippen molar-refractivity contribution < 1.29 is 28.7 Å². The maximum Gasteiger partial charge on any atom is 0.250 e. The number of likely N-dealkylation sites (tertiary alicyclic amines) is 1. The van der Waals surface area contributed by atoms with Gasteiger partial charge in [0.25, 0.3) is 0 Å². The zero-order valence-corrected chi connectivity index (χ0v) is 19.0. The molecule has 2 unspecified atom stereocenters. The number of primary amides is 1. The normalized spacial score (nSPS) is 28.0. The number of fused-ring (bicyclic) bond motifs is 5. The zero-order valence-electron chi connectivity index (χ0n) is 19.0. The number of hydrogen-bond acceptors (Lipinski definition) is 7. The molecular weight excluding hydrogens is 452 g/mol. The molecule has 180 valence electrons. The van der Waals surface area contributed by atoms with E-state index in [4.69, 9.17) is 15.2 Å². The predicted octanol–water partition coefficient (Wildman–Crippen LogP) is 0.774. The zero-order chi connectivity index (χ0) is 24.5. The molecule has 0 aromatic heterocycles. The van der Waals surface area contributed by atoms with Crippen LogP contribution in [0.2, 0.25) is 0 Å². The summed E-state index contributed by atoms with van der Waals surface area (Å²) < 4.78 is 10.8. The molecule has 0 saturated carbocycles. The Morgan fingerprint density at radius 2 is 1.86 bits per heavy atom. The van der Waals surface area contributed by atoms with E-state index in [-0.39, 0.29) is 19.8 Å². The SMILES string of the molecule is CCc1ccc2c(c1)C1(NC(CC(N)=O)[C@H]3C(=O)N(Cc4ccc5c(c4)OCO5)C(=O)[C@H]31)C(=O)N2. The van der Waals surface area contributed by atoms with E-state index in [9.17, 15) is 19.2 Å². The Hall–Kier alpha value is -3.92. The van der Waals surface area contributed by atoms with Crippen molar-refractivity contribution in [3.05, 3.63) is 53.1 Å². The van der Waals surface area contributed by atoms with Gasteiger partial charge in [0.15, 0.2) is 11.5 Å². The highest BCUT2D eigenvalue weighted by Crippen LogP contribution is 2.53. The Kier molecular flexibility index (Phi) is 4.65. The van der Waals surface area contributed by atoms with Gasteiger partial charge < -0.3 is 20.5 Å². The van der Waals surface area contributed by atoms with E-state index in [0.717, 1.165) is 12.0 Å². The number of carbonyl (C=O) groups is 4. The Morgan fingerprint density at radius 1 is 1.09 bits per heavy atom. The van der Waals surface area contributed by atoms with Gasteiger partial charge in [0, 0.05) is 23.7 Å². The van der Waals surface area contributed by atoms with Gasteiger partial charge in [-0.2, -0.15) is 0 Å². The molecule has 4 amide bonds. The molecular formula is C25H24N4O6. The number of imide groups is 1. The van der Waals surface area contributed by atoms with Crippen LogP contribution in [0.5, 0.6) is 11.5 Å². The summed E-state index contributed by atoms with van der Waals surface area (Å²) in [7, 11) is 0. The molecule has 2 aromatic carbocycles. The lowest BCUT2D eigenvalue weighted by molar-refractivity contribution is -0.143. The Balaban J connectivity index is 1.42. The molecule has 6 rings (SSSR count). The van der Waals surface area contributed by atoms with Crippen molar-refractivity contribution in [1.29, 1.82) is 0 Å². The molecule has 4 aliphatic heterocycles. The summed E-state index contributed by atoms with van der Waals surface area (Å²) in [5.41, 5.74) is 6.93. The molecule has 10 nitrogen and oxygen atoms in total. The van der Waals surface area contributed by atoms with E-state index < -0.39 is 47.0 Å². The fourth-order valence-electron chi connectivity index (χ4n) is 5.90. The molecule has 4 aliphatic rings. The largest absolute Gasteiger partial charge is 0.454 e. The third-order valence-electron chi connectivity index (χ3n) is 7.48. The maximum absolute atomic E-state index is 13.9. The first-order valence-corrected chi connectivity index (χ1v) is 11.6. The number of rotatable bonds is 5. The summed E-state index contributed by atoms with van der Waals surface area (Å²) in [5, 5.41) is 6.08. The van der Waals surface area contributed by atoms with E-state index in [2.05, 4.69) is 10.6 Å². The van der Waals surface area contributed by atoms with Crippen LogP contribution >= 0.6 is 0 Å². The number of aryl methyl sites for hydroxylation is 1. The van der Waals surface area contributed by atoms with E-state index >= 15 is 0 Å². The maximum atomic E-state index is 13.9. The summed E-state index contributed by atoms with van der Waals surface area (Å²) in [6.07, 6.45) is 0.565. The second kappa shape index (κ2) is 7.54. The van der Waals surface area contributed by atoms with Crippen LogP contribution in [-0.4, -0.2) is 41.4 Å². The van der Waals surface area contributed by atoms with Crippen LogP contribution in [0.15, 0.2) is 36.4 Å². The first-order chi connectivity index (χ1) is 16.8. The first-order valence-electron chi connectivity index (χ1n) is 11.6. The number of amides is 4. The second-order valence-electron chi connectivity index (χ2n) is 9.37. The highest BCUT2D eigenvalue weighted by atomic mass is 16.7. The fraction of sp³-hybridized carbons (Fsp3) is 0.360. The molecule has 4 N–H and O–H groups in total. The quantitative estimate of drug-likeness (QED) is 0.542. The lowest BCUT2D eigenvalue weighted by Gasteiger charge is -2.29. The van der Waals surface area contributed by atoms with E-state index in [1.165, 1.54) is 4.90 Å². The average molecular weight is 476 g/mol. The van der Waals surface area contributed by atoms with Gasteiger partial charge in [-0.3, -0.25) is 29.4 Å².